The van der Waals surface area contributed by atoms with E-state index in [1.165, 1.54) is 25.9 Å². The second-order valence-electron chi connectivity index (χ2n) is 4.02. The molecule has 0 amide bonds. The molecule has 0 aromatic heterocycles. The van der Waals surface area contributed by atoms with Crippen LogP contribution in [-0.2, 0) is 4.79 Å². The molecule has 1 aromatic rings. The molecular weight excluding hydrogens is 202 g/mol. The molecule has 0 N–H and O–H groups in total. The van der Waals surface area contributed by atoms with Crippen LogP contribution < -0.4 is 4.74 Å². The molecule has 1 radical (unpaired) electrons. The molecule has 1 aliphatic heterocycles. The normalized spacial score (nSPS) is 16.2. The number of likely N-dealkylation sites (tertiary alicyclic amines) is 1. The fourth-order valence-electron chi connectivity index (χ4n) is 1.92. The lowest BCUT2D eigenvalue weighted by Gasteiger charge is -2.14. The van der Waals surface area contributed by atoms with Gasteiger partial charge in [0.1, 0.15) is 12.4 Å². The van der Waals surface area contributed by atoms with Crippen LogP contribution in [0, 0.1) is 0 Å². The molecule has 3 heteroatoms. The summed E-state index contributed by atoms with van der Waals surface area (Å²) >= 11 is 0. The van der Waals surface area contributed by atoms with Crippen LogP contribution >= 0.6 is 0 Å². The minimum absolute atomic E-state index is 0.562. The summed E-state index contributed by atoms with van der Waals surface area (Å²) in [5, 5.41) is 0. The maximum Gasteiger partial charge on any atom is 0.233 e. The Kier molecular flexibility index (Phi) is 3.94. The van der Waals surface area contributed by atoms with Crippen molar-refractivity contribution in [2.45, 2.75) is 12.8 Å². The molecule has 0 spiro atoms. The first-order valence-corrected chi connectivity index (χ1v) is 5.72. The third-order valence-corrected chi connectivity index (χ3v) is 2.85. The van der Waals surface area contributed by atoms with Crippen molar-refractivity contribution in [3.05, 3.63) is 29.8 Å². The molecule has 1 fully saturated rings. The topological polar surface area (TPSA) is 29.5 Å². The van der Waals surface area contributed by atoms with E-state index in [0.29, 0.717) is 12.2 Å². The first-order chi connectivity index (χ1) is 7.88. The first kappa shape index (κ1) is 11.1. The minimum Gasteiger partial charge on any atom is -0.492 e. The lowest BCUT2D eigenvalue weighted by Crippen LogP contribution is -2.25. The van der Waals surface area contributed by atoms with E-state index < -0.39 is 0 Å². The predicted molar refractivity (Wildman–Crippen MR) is 62.4 cm³/mol. The molecule has 2 rings (SSSR count). The number of rotatable bonds is 5. The predicted octanol–water partition coefficient (Wildman–Crippen LogP) is 1.62. The van der Waals surface area contributed by atoms with Crippen molar-refractivity contribution in [2.75, 3.05) is 26.2 Å². The van der Waals surface area contributed by atoms with Crippen LogP contribution in [0.1, 0.15) is 18.4 Å². The van der Waals surface area contributed by atoms with Gasteiger partial charge in [0.05, 0.1) is 0 Å². The van der Waals surface area contributed by atoms with Gasteiger partial charge >= 0.3 is 0 Å². The van der Waals surface area contributed by atoms with Crippen molar-refractivity contribution in [1.29, 1.82) is 0 Å². The summed E-state index contributed by atoms with van der Waals surface area (Å²) in [5.41, 5.74) is 0.562. The van der Waals surface area contributed by atoms with E-state index in [1.54, 1.807) is 12.1 Å². The molecular formula is C13H16NO2. The highest BCUT2D eigenvalue weighted by atomic mass is 16.5. The summed E-state index contributed by atoms with van der Waals surface area (Å²) in [5.74, 6) is 0.818. The van der Waals surface area contributed by atoms with Crippen molar-refractivity contribution in [1.82, 2.24) is 4.90 Å². The summed E-state index contributed by atoms with van der Waals surface area (Å²) in [7, 11) is 0. The number of ether oxygens (including phenoxy) is 1. The summed E-state index contributed by atoms with van der Waals surface area (Å²) in [4.78, 5) is 12.7. The van der Waals surface area contributed by atoms with E-state index in [1.807, 2.05) is 18.4 Å². The molecule has 0 unspecified atom stereocenters. The van der Waals surface area contributed by atoms with Gasteiger partial charge in [-0.2, -0.15) is 0 Å². The SMILES string of the molecule is O=[C]c1ccc(OCCN2CCCC2)cc1. The Bertz CT molecular complexity index is 328. The van der Waals surface area contributed by atoms with Gasteiger partial charge in [-0.15, -0.1) is 0 Å². The van der Waals surface area contributed by atoms with Crippen molar-refractivity contribution >= 4 is 6.29 Å². The van der Waals surface area contributed by atoms with E-state index in [2.05, 4.69) is 4.90 Å². The maximum atomic E-state index is 10.3. The molecule has 0 saturated carbocycles. The van der Waals surface area contributed by atoms with Crippen molar-refractivity contribution in [3.8, 4) is 5.75 Å². The number of hydrogen-bond acceptors (Lipinski definition) is 3. The largest absolute Gasteiger partial charge is 0.492 e. The number of benzene rings is 1. The maximum absolute atomic E-state index is 10.3. The van der Waals surface area contributed by atoms with Gasteiger partial charge in [-0.05, 0) is 50.2 Å². The summed E-state index contributed by atoms with van der Waals surface area (Å²) in [6, 6.07) is 7.06. The Morgan fingerprint density at radius 1 is 1.19 bits per heavy atom. The van der Waals surface area contributed by atoms with E-state index in [9.17, 15) is 4.79 Å². The van der Waals surface area contributed by atoms with Crippen LogP contribution in [0.25, 0.3) is 0 Å². The molecule has 1 saturated heterocycles. The molecule has 1 heterocycles. The van der Waals surface area contributed by atoms with E-state index in [0.717, 1.165) is 12.3 Å². The Hall–Kier alpha value is -1.35. The van der Waals surface area contributed by atoms with Gasteiger partial charge in [-0.25, -0.2) is 0 Å². The van der Waals surface area contributed by atoms with E-state index in [-0.39, 0.29) is 0 Å². The smallest absolute Gasteiger partial charge is 0.233 e. The Balaban J connectivity index is 1.73. The highest BCUT2D eigenvalue weighted by Crippen LogP contribution is 2.11. The zero-order valence-corrected chi connectivity index (χ0v) is 9.32. The second kappa shape index (κ2) is 5.66. The van der Waals surface area contributed by atoms with Crippen LogP contribution in [0.4, 0.5) is 0 Å². The van der Waals surface area contributed by atoms with Crippen LogP contribution in [0.3, 0.4) is 0 Å². The van der Waals surface area contributed by atoms with Gasteiger partial charge in [0.15, 0.2) is 0 Å². The zero-order valence-electron chi connectivity index (χ0n) is 9.32. The standard InChI is InChI=1S/C13H16NO2/c15-11-12-3-5-13(6-4-12)16-10-9-14-7-1-2-8-14/h3-6H,1-2,7-10H2. The fraction of sp³-hybridized carbons (Fsp3) is 0.462. The molecule has 3 nitrogen and oxygen atoms in total. The molecule has 16 heavy (non-hydrogen) atoms. The van der Waals surface area contributed by atoms with Crippen LogP contribution in [0.5, 0.6) is 5.75 Å². The lowest BCUT2D eigenvalue weighted by molar-refractivity contribution is 0.238. The van der Waals surface area contributed by atoms with Gasteiger partial charge in [0.2, 0.25) is 6.29 Å². The Morgan fingerprint density at radius 3 is 2.50 bits per heavy atom. The number of nitrogens with zero attached hydrogens (tertiary/aromatic N) is 1. The third-order valence-electron chi connectivity index (χ3n) is 2.85. The molecule has 0 atom stereocenters. The van der Waals surface area contributed by atoms with Crippen LogP contribution in [0.15, 0.2) is 24.3 Å². The lowest BCUT2D eigenvalue weighted by atomic mass is 10.2. The third kappa shape index (κ3) is 3.07. The van der Waals surface area contributed by atoms with Gasteiger partial charge in [-0.1, -0.05) is 0 Å². The monoisotopic (exact) mass is 218 g/mol. The number of carbonyl (C=O) groups excluding carboxylic acids is 1. The van der Waals surface area contributed by atoms with Gasteiger partial charge in [0.25, 0.3) is 0 Å². The Morgan fingerprint density at radius 2 is 1.88 bits per heavy atom. The van der Waals surface area contributed by atoms with Crippen LogP contribution in [-0.4, -0.2) is 37.4 Å². The fourth-order valence-corrected chi connectivity index (χ4v) is 1.92. The average molecular weight is 218 g/mol. The van der Waals surface area contributed by atoms with Crippen molar-refractivity contribution in [3.63, 3.8) is 0 Å². The summed E-state index contributed by atoms with van der Waals surface area (Å²) in [6.07, 6.45) is 4.46. The molecule has 0 aliphatic carbocycles. The number of hydrogen-bond donors (Lipinski definition) is 0. The Labute approximate surface area is 96.0 Å². The quantitative estimate of drug-likeness (QED) is 0.752. The zero-order chi connectivity index (χ0) is 11.2. The molecule has 1 aliphatic rings. The molecule has 1 aromatic carbocycles. The van der Waals surface area contributed by atoms with Gasteiger partial charge in [0, 0.05) is 12.1 Å². The second-order valence-corrected chi connectivity index (χ2v) is 4.02. The highest BCUT2D eigenvalue weighted by Gasteiger charge is 2.10. The van der Waals surface area contributed by atoms with Gasteiger partial charge in [-0.3, -0.25) is 9.69 Å². The summed E-state index contributed by atoms with van der Waals surface area (Å²) in [6.45, 7) is 4.09. The molecule has 85 valence electrons. The van der Waals surface area contributed by atoms with Crippen molar-refractivity contribution in [2.24, 2.45) is 0 Å². The average Bonchev–Trinajstić information content (AvgIpc) is 2.83. The van der Waals surface area contributed by atoms with E-state index in [4.69, 9.17) is 4.74 Å². The minimum atomic E-state index is 0.562. The highest BCUT2D eigenvalue weighted by molar-refractivity contribution is 5.75. The van der Waals surface area contributed by atoms with Crippen LogP contribution in [0.2, 0.25) is 0 Å². The molecule has 0 bridgehead atoms. The summed E-state index contributed by atoms with van der Waals surface area (Å²) < 4.78 is 5.60. The van der Waals surface area contributed by atoms with Crippen molar-refractivity contribution < 1.29 is 9.53 Å². The van der Waals surface area contributed by atoms with E-state index >= 15 is 0 Å². The first-order valence-electron chi connectivity index (χ1n) is 5.72. The van der Waals surface area contributed by atoms with Gasteiger partial charge < -0.3 is 4.74 Å².